The highest BCUT2D eigenvalue weighted by Crippen LogP contribution is 2.24. The molecule has 0 spiro atoms. The molecule has 82 valence electrons. The first-order valence-corrected chi connectivity index (χ1v) is 4.29. The summed E-state index contributed by atoms with van der Waals surface area (Å²) in [6.45, 7) is 1.39. The van der Waals surface area contributed by atoms with E-state index in [4.69, 9.17) is 10.8 Å². The van der Waals surface area contributed by atoms with Crippen LogP contribution in [0.5, 0.6) is 0 Å². The van der Waals surface area contributed by atoms with E-state index in [9.17, 15) is 13.6 Å². The Morgan fingerprint density at radius 2 is 2.13 bits per heavy atom. The Morgan fingerprint density at radius 1 is 1.53 bits per heavy atom. The van der Waals surface area contributed by atoms with Crippen molar-refractivity contribution in [3.05, 3.63) is 35.4 Å². The number of rotatable bonds is 3. The zero-order valence-corrected chi connectivity index (χ0v) is 8.13. The zero-order valence-electron chi connectivity index (χ0n) is 8.13. The highest BCUT2D eigenvalue weighted by atomic mass is 19.1. The van der Waals surface area contributed by atoms with Crippen LogP contribution in [0, 0.1) is 11.6 Å². The molecule has 1 aromatic carbocycles. The van der Waals surface area contributed by atoms with E-state index in [1.165, 1.54) is 6.92 Å². The van der Waals surface area contributed by atoms with Crippen LogP contribution in [-0.2, 0) is 10.3 Å². The van der Waals surface area contributed by atoms with Crippen LogP contribution in [0.2, 0.25) is 0 Å². The minimum Gasteiger partial charge on any atom is -0.481 e. The fraction of sp³-hybridized carbons (Fsp3) is 0.300. The fourth-order valence-electron chi connectivity index (χ4n) is 1.36. The summed E-state index contributed by atoms with van der Waals surface area (Å²) in [5.41, 5.74) is 4.29. The maximum atomic E-state index is 13.3. The van der Waals surface area contributed by atoms with E-state index < -0.39 is 29.6 Å². The van der Waals surface area contributed by atoms with Crippen molar-refractivity contribution in [2.45, 2.75) is 18.9 Å². The number of carbonyl (C=O) groups is 1. The lowest BCUT2D eigenvalue weighted by molar-refractivity contribution is -0.138. The maximum Gasteiger partial charge on any atom is 0.305 e. The number of hydrogen-bond acceptors (Lipinski definition) is 2. The molecule has 0 bridgehead atoms. The van der Waals surface area contributed by atoms with Crippen LogP contribution in [0.15, 0.2) is 18.2 Å². The summed E-state index contributed by atoms with van der Waals surface area (Å²) in [6, 6.07) is 2.89. The zero-order chi connectivity index (χ0) is 11.6. The Balaban J connectivity index is 3.09. The Bertz CT molecular complexity index is 391. The molecule has 0 saturated carbocycles. The largest absolute Gasteiger partial charge is 0.481 e. The van der Waals surface area contributed by atoms with Gasteiger partial charge in [0.25, 0.3) is 0 Å². The van der Waals surface area contributed by atoms with Gasteiger partial charge in [-0.05, 0) is 13.0 Å². The maximum absolute atomic E-state index is 13.3. The molecule has 3 N–H and O–H groups in total. The molecule has 1 rings (SSSR count). The van der Waals surface area contributed by atoms with E-state index in [0.717, 1.165) is 12.1 Å². The molecule has 0 heterocycles. The molecule has 0 aliphatic carbocycles. The van der Waals surface area contributed by atoms with Gasteiger partial charge in [-0.2, -0.15) is 0 Å². The number of hydrogen-bond donors (Lipinski definition) is 2. The lowest BCUT2D eigenvalue weighted by Crippen LogP contribution is -2.36. The molecular weight excluding hydrogens is 204 g/mol. The van der Waals surface area contributed by atoms with Gasteiger partial charge >= 0.3 is 5.97 Å². The molecule has 1 aromatic rings. The normalized spacial score (nSPS) is 14.7. The molecule has 15 heavy (non-hydrogen) atoms. The van der Waals surface area contributed by atoms with E-state index in [1.54, 1.807) is 0 Å². The van der Waals surface area contributed by atoms with Crippen LogP contribution < -0.4 is 5.73 Å². The predicted molar refractivity (Wildman–Crippen MR) is 50.2 cm³/mol. The highest BCUT2D eigenvalue weighted by molar-refractivity contribution is 5.68. The first-order valence-electron chi connectivity index (χ1n) is 4.29. The van der Waals surface area contributed by atoms with Crippen LogP contribution in [0.1, 0.15) is 18.9 Å². The quantitative estimate of drug-likeness (QED) is 0.805. The van der Waals surface area contributed by atoms with Crippen molar-refractivity contribution >= 4 is 5.97 Å². The van der Waals surface area contributed by atoms with Crippen molar-refractivity contribution in [2.75, 3.05) is 0 Å². The van der Waals surface area contributed by atoms with Gasteiger partial charge in [-0.15, -0.1) is 0 Å². The summed E-state index contributed by atoms with van der Waals surface area (Å²) in [5, 5.41) is 8.58. The number of carboxylic acids is 1. The monoisotopic (exact) mass is 215 g/mol. The molecule has 0 radical (unpaired) electrons. The van der Waals surface area contributed by atoms with Crippen LogP contribution >= 0.6 is 0 Å². The molecule has 1 atom stereocenters. The summed E-state index contributed by atoms with van der Waals surface area (Å²) in [4.78, 5) is 10.5. The van der Waals surface area contributed by atoms with Crippen LogP contribution in [0.3, 0.4) is 0 Å². The second-order valence-electron chi connectivity index (χ2n) is 3.61. The van der Waals surface area contributed by atoms with Crippen molar-refractivity contribution < 1.29 is 18.7 Å². The van der Waals surface area contributed by atoms with Gasteiger partial charge in [0, 0.05) is 11.6 Å². The topological polar surface area (TPSA) is 63.3 Å². The number of benzene rings is 1. The molecule has 0 fully saturated rings. The van der Waals surface area contributed by atoms with Gasteiger partial charge in [-0.25, -0.2) is 8.78 Å². The van der Waals surface area contributed by atoms with Gasteiger partial charge in [0.1, 0.15) is 11.6 Å². The number of carboxylic acid groups (broad SMARTS) is 1. The summed E-state index contributed by atoms with van der Waals surface area (Å²) in [7, 11) is 0. The third kappa shape index (κ3) is 2.73. The van der Waals surface area contributed by atoms with Gasteiger partial charge in [0.2, 0.25) is 0 Å². The molecule has 0 aliphatic rings. The lowest BCUT2D eigenvalue weighted by atomic mass is 9.89. The molecule has 0 saturated heterocycles. The summed E-state index contributed by atoms with van der Waals surface area (Å²) in [5.74, 6) is -2.69. The Hall–Kier alpha value is -1.49. The summed E-state index contributed by atoms with van der Waals surface area (Å²) < 4.78 is 25.9. The molecule has 3 nitrogen and oxygen atoms in total. The van der Waals surface area contributed by atoms with E-state index in [1.807, 2.05) is 0 Å². The SMILES string of the molecule is C[C@](N)(CC(=O)O)c1ccc(F)cc1F. The molecule has 0 aliphatic heterocycles. The van der Waals surface area contributed by atoms with Gasteiger partial charge in [0.15, 0.2) is 0 Å². The van der Waals surface area contributed by atoms with Crippen molar-refractivity contribution in [1.82, 2.24) is 0 Å². The van der Waals surface area contributed by atoms with Crippen LogP contribution in [-0.4, -0.2) is 11.1 Å². The molecular formula is C10H11F2NO2. The van der Waals surface area contributed by atoms with Gasteiger partial charge in [-0.3, -0.25) is 4.79 Å². The highest BCUT2D eigenvalue weighted by Gasteiger charge is 2.27. The van der Waals surface area contributed by atoms with Gasteiger partial charge in [-0.1, -0.05) is 6.07 Å². The first kappa shape index (κ1) is 11.6. The van der Waals surface area contributed by atoms with Crippen LogP contribution in [0.4, 0.5) is 8.78 Å². The molecule has 0 unspecified atom stereocenters. The third-order valence-corrected chi connectivity index (χ3v) is 2.06. The molecule has 5 heteroatoms. The summed E-state index contributed by atoms with van der Waals surface area (Å²) in [6.07, 6.45) is -0.421. The van der Waals surface area contributed by atoms with Gasteiger partial charge < -0.3 is 10.8 Å². The first-order chi connectivity index (χ1) is 6.83. The molecule has 0 amide bonds. The molecule has 0 aromatic heterocycles. The van der Waals surface area contributed by atoms with Crippen molar-refractivity contribution in [1.29, 1.82) is 0 Å². The van der Waals surface area contributed by atoms with E-state index in [-0.39, 0.29) is 5.56 Å². The van der Waals surface area contributed by atoms with E-state index in [0.29, 0.717) is 6.07 Å². The second kappa shape index (κ2) is 3.94. The smallest absolute Gasteiger partial charge is 0.305 e. The fourth-order valence-corrected chi connectivity index (χ4v) is 1.36. The van der Waals surface area contributed by atoms with Gasteiger partial charge in [0.05, 0.1) is 12.0 Å². The number of nitrogens with two attached hydrogens (primary N) is 1. The lowest BCUT2D eigenvalue weighted by Gasteiger charge is -2.23. The average molecular weight is 215 g/mol. The van der Waals surface area contributed by atoms with Crippen molar-refractivity contribution in [3.8, 4) is 0 Å². The second-order valence-corrected chi connectivity index (χ2v) is 3.61. The minimum atomic E-state index is -1.34. The minimum absolute atomic E-state index is 0.00806. The third-order valence-electron chi connectivity index (χ3n) is 2.06. The Morgan fingerprint density at radius 3 is 2.60 bits per heavy atom. The van der Waals surface area contributed by atoms with Crippen molar-refractivity contribution in [3.63, 3.8) is 0 Å². The van der Waals surface area contributed by atoms with Crippen LogP contribution in [0.25, 0.3) is 0 Å². The predicted octanol–water partition coefficient (Wildman–Crippen LogP) is 1.61. The standard InChI is InChI=1S/C10H11F2NO2/c1-10(13,5-9(14)15)7-3-2-6(11)4-8(7)12/h2-4H,5,13H2,1H3,(H,14,15)/t10-/m0/s1. The Kier molecular flexibility index (Phi) is 3.04. The number of halogens is 2. The van der Waals surface area contributed by atoms with E-state index >= 15 is 0 Å². The Labute approximate surface area is 85.5 Å². The number of aliphatic carboxylic acids is 1. The van der Waals surface area contributed by atoms with Crippen molar-refractivity contribution in [2.24, 2.45) is 5.73 Å². The van der Waals surface area contributed by atoms with E-state index in [2.05, 4.69) is 0 Å². The average Bonchev–Trinajstić information content (AvgIpc) is 1.99. The summed E-state index contributed by atoms with van der Waals surface area (Å²) >= 11 is 0.